The third-order valence-corrected chi connectivity index (χ3v) is 6.41. The lowest BCUT2D eigenvalue weighted by Gasteiger charge is -2.21. The smallest absolute Gasteiger partial charge is 0.306 e. The number of phenolic OH excluding ortho intramolecular Hbond substituents is 4. The fraction of sp³-hybridized carbons (Fsp3) is 0.185. The first kappa shape index (κ1) is 25.4. The number of phenols is 4. The highest BCUT2D eigenvalue weighted by Gasteiger charge is 2.32. The predicted octanol–water partition coefficient (Wildman–Crippen LogP) is 3.42. The summed E-state index contributed by atoms with van der Waals surface area (Å²) in [6, 6.07) is 7.46. The SMILES string of the molecule is COC(=O)CC(c1cc(OC)c2c(c1)OCO2)c1c(O)cc(O)c2c(=O)c(O)c(-c3ccc(O)c(O)c3)oc12. The number of rotatable bonds is 6. The summed E-state index contributed by atoms with van der Waals surface area (Å²) >= 11 is 0. The molecule has 5 N–H and O–H groups in total. The lowest BCUT2D eigenvalue weighted by atomic mass is 9.86. The average Bonchev–Trinajstić information content (AvgIpc) is 3.39. The van der Waals surface area contributed by atoms with Gasteiger partial charge in [-0.15, -0.1) is 0 Å². The fourth-order valence-electron chi connectivity index (χ4n) is 4.53. The first-order valence-corrected chi connectivity index (χ1v) is 11.5. The summed E-state index contributed by atoms with van der Waals surface area (Å²) in [5, 5.41) is 51.4. The lowest BCUT2D eigenvalue weighted by molar-refractivity contribution is -0.140. The number of carbonyl (C=O) groups is 1. The Balaban J connectivity index is 1.84. The Kier molecular flexibility index (Phi) is 6.22. The van der Waals surface area contributed by atoms with Crippen molar-refractivity contribution in [2.75, 3.05) is 21.0 Å². The number of benzene rings is 3. The van der Waals surface area contributed by atoms with Crippen molar-refractivity contribution in [1.82, 2.24) is 0 Å². The Morgan fingerprint density at radius 3 is 2.41 bits per heavy atom. The van der Waals surface area contributed by atoms with Gasteiger partial charge in [0.15, 0.2) is 28.8 Å². The molecule has 2 heterocycles. The van der Waals surface area contributed by atoms with E-state index in [9.17, 15) is 35.1 Å². The molecule has 12 nitrogen and oxygen atoms in total. The van der Waals surface area contributed by atoms with Crippen LogP contribution in [-0.4, -0.2) is 52.5 Å². The Hall–Kier alpha value is -5.26. The van der Waals surface area contributed by atoms with Crippen LogP contribution in [0.5, 0.6) is 46.0 Å². The van der Waals surface area contributed by atoms with Crippen LogP contribution >= 0.6 is 0 Å². The van der Waals surface area contributed by atoms with E-state index in [0.29, 0.717) is 17.1 Å². The maximum Gasteiger partial charge on any atom is 0.306 e. The number of fused-ring (bicyclic) bond motifs is 2. The Morgan fingerprint density at radius 2 is 1.72 bits per heavy atom. The third-order valence-electron chi connectivity index (χ3n) is 6.41. The van der Waals surface area contributed by atoms with E-state index in [1.54, 1.807) is 12.1 Å². The number of aromatic hydroxyl groups is 5. The van der Waals surface area contributed by atoms with E-state index in [1.807, 2.05) is 0 Å². The van der Waals surface area contributed by atoms with Crippen molar-refractivity contribution in [2.24, 2.45) is 0 Å². The number of ether oxygens (including phenoxy) is 4. The summed E-state index contributed by atoms with van der Waals surface area (Å²) in [7, 11) is 2.59. The van der Waals surface area contributed by atoms with Gasteiger partial charge >= 0.3 is 5.97 Å². The molecule has 12 heteroatoms. The second-order valence-electron chi connectivity index (χ2n) is 8.63. The van der Waals surface area contributed by atoms with E-state index < -0.39 is 57.2 Å². The lowest BCUT2D eigenvalue weighted by Crippen LogP contribution is -2.13. The molecule has 5 rings (SSSR count). The summed E-state index contributed by atoms with van der Waals surface area (Å²) in [6.45, 7) is -0.0683. The molecule has 1 aliphatic heterocycles. The molecule has 1 aliphatic rings. The van der Waals surface area contributed by atoms with Crippen molar-refractivity contribution in [1.29, 1.82) is 0 Å². The summed E-state index contributed by atoms with van der Waals surface area (Å²) in [5.41, 5.74) is -1.09. The second kappa shape index (κ2) is 9.56. The number of esters is 1. The van der Waals surface area contributed by atoms with Gasteiger partial charge in [0.05, 0.1) is 20.6 Å². The molecule has 1 unspecified atom stereocenters. The summed E-state index contributed by atoms with van der Waals surface area (Å²) < 4.78 is 27.1. The number of hydrogen-bond acceptors (Lipinski definition) is 12. The molecule has 0 aliphatic carbocycles. The molecular formula is C27H22O12. The van der Waals surface area contributed by atoms with Crippen LogP contribution in [0.4, 0.5) is 0 Å². The van der Waals surface area contributed by atoms with Crippen molar-refractivity contribution in [3.63, 3.8) is 0 Å². The zero-order valence-electron chi connectivity index (χ0n) is 20.5. The highest BCUT2D eigenvalue weighted by Crippen LogP contribution is 2.49. The molecule has 39 heavy (non-hydrogen) atoms. The maximum atomic E-state index is 13.2. The molecule has 0 bridgehead atoms. The van der Waals surface area contributed by atoms with Crippen molar-refractivity contribution in [3.8, 4) is 57.3 Å². The first-order valence-electron chi connectivity index (χ1n) is 11.5. The van der Waals surface area contributed by atoms with E-state index in [0.717, 1.165) is 18.2 Å². The van der Waals surface area contributed by atoms with Crippen LogP contribution in [0.3, 0.4) is 0 Å². The van der Waals surface area contributed by atoms with Crippen molar-refractivity contribution < 1.29 is 53.7 Å². The van der Waals surface area contributed by atoms with Gasteiger partial charge in [0.25, 0.3) is 0 Å². The first-order chi connectivity index (χ1) is 18.6. The van der Waals surface area contributed by atoms with E-state index in [2.05, 4.69) is 0 Å². The molecule has 0 saturated heterocycles. The molecule has 4 aromatic rings. The minimum Gasteiger partial charge on any atom is -0.507 e. The van der Waals surface area contributed by atoms with E-state index in [1.165, 1.54) is 20.3 Å². The van der Waals surface area contributed by atoms with E-state index in [4.69, 9.17) is 23.4 Å². The van der Waals surface area contributed by atoms with Gasteiger partial charge in [0.1, 0.15) is 22.5 Å². The van der Waals surface area contributed by atoms with Gasteiger partial charge in [0.2, 0.25) is 23.7 Å². The summed E-state index contributed by atoms with van der Waals surface area (Å²) in [4.78, 5) is 25.8. The molecule has 0 saturated carbocycles. The minimum atomic E-state index is -1.04. The van der Waals surface area contributed by atoms with Gasteiger partial charge in [-0.3, -0.25) is 9.59 Å². The number of hydrogen-bond donors (Lipinski definition) is 5. The van der Waals surface area contributed by atoms with Gasteiger partial charge in [-0.2, -0.15) is 0 Å². The van der Waals surface area contributed by atoms with Gasteiger partial charge in [-0.05, 0) is 35.9 Å². The van der Waals surface area contributed by atoms with Gasteiger partial charge in [-0.25, -0.2) is 0 Å². The van der Waals surface area contributed by atoms with Crippen LogP contribution in [0.25, 0.3) is 22.3 Å². The van der Waals surface area contributed by atoms with Crippen molar-refractivity contribution in [3.05, 3.63) is 57.7 Å². The van der Waals surface area contributed by atoms with Gasteiger partial charge < -0.3 is 48.9 Å². The monoisotopic (exact) mass is 538 g/mol. The number of methoxy groups -OCH3 is 2. The summed E-state index contributed by atoms with van der Waals surface area (Å²) in [6.07, 6.45) is -0.355. The van der Waals surface area contributed by atoms with E-state index >= 15 is 0 Å². The topological polar surface area (TPSA) is 185 Å². The van der Waals surface area contributed by atoms with Crippen LogP contribution in [0.1, 0.15) is 23.5 Å². The standard InChI is InChI=1S/C27H22O12/c1-35-18-6-12(7-19-26(18)38-10-37-19)13(8-20(32)36-2)21-16(30)9-17(31)22-23(33)24(34)25(39-27(21)22)11-3-4-14(28)15(29)5-11/h3-7,9,13,28-31,34H,8,10H2,1-2H3. The average molecular weight is 538 g/mol. The zero-order valence-corrected chi connectivity index (χ0v) is 20.5. The normalized spacial score (nSPS) is 12.9. The van der Waals surface area contributed by atoms with Gasteiger partial charge in [0, 0.05) is 23.1 Å². The molecule has 0 radical (unpaired) electrons. The third kappa shape index (κ3) is 4.21. The predicted molar refractivity (Wildman–Crippen MR) is 134 cm³/mol. The Morgan fingerprint density at radius 1 is 0.949 bits per heavy atom. The molecule has 0 amide bonds. The Bertz CT molecular complexity index is 1690. The van der Waals surface area contributed by atoms with Crippen molar-refractivity contribution >= 4 is 16.9 Å². The second-order valence-corrected chi connectivity index (χ2v) is 8.63. The molecule has 3 aromatic carbocycles. The molecular weight excluding hydrogens is 516 g/mol. The van der Waals surface area contributed by atoms with Gasteiger partial charge in [-0.1, -0.05) is 0 Å². The minimum absolute atomic E-state index is 0.00449. The van der Waals surface area contributed by atoms with Crippen LogP contribution in [-0.2, 0) is 9.53 Å². The highest BCUT2D eigenvalue weighted by atomic mass is 16.7. The number of carbonyl (C=O) groups excluding carboxylic acids is 1. The molecule has 202 valence electrons. The largest absolute Gasteiger partial charge is 0.507 e. The van der Waals surface area contributed by atoms with Crippen LogP contribution in [0.15, 0.2) is 45.6 Å². The molecule has 0 fully saturated rings. The van der Waals surface area contributed by atoms with Crippen molar-refractivity contribution in [2.45, 2.75) is 12.3 Å². The zero-order chi connectivity index (χ0) is 28.0. The molecule has 0 spiro atoms. The maximum absolute atomic E-state index is 13.2. The van der Waals surface area contributed by atoms with Crippen LogP contribution in [0, 0.1) is 0 Å². The van der Waals surface area contributed by atoms with Crippen LogP contribution < -0.4 is 19.6 Å². The van der Waals surface area contributed by atoms with E-state index in [-0.39, 0.29) is 35.7 Å². The molecule has 1 atom stereocenters. The molecule has 1 aromatic heterocycles. The highest BCUT2D eigenvalue weighted by molar-refractivity contribution is 5.92. The fourth-order valence-corrected chi connectivity index (χ4v) is 4.53. The van der Waals surface area contributed by atoms with Crippen LogP contribution in [0.2, 0.25) is 0 Å². The Labute approximate surface area is 219 Å². The quantitative estimate of drug-likeness (QED) is 0.178. The summed E-state index contributed by atoms with van der Waals surface area (Å²) in [5.74, 6) is -4.34.